The Hall–Kier alpha value is -2.52. The van der Waals surface area contributed by atoms with Gasteiger partial charge in [0.25, 0.3) is 0 Å². The number of carbonyl (C=O) groups excluding carboxylic acids is 1. The lowest BCUT2D eigenvalue weighted by molar-refractivity contribution is 0.0594. The van der Waals surface area contributed by atoms with Gasteiger partial charge in [0.15, 0.2) is 5.69 Å². The molecule has 0 fully saturated rings. The van der Waals surface area contributed by atoms with Crippen LogP contribution in [0.4, 0.5) is 5.69 Å². The number of hydrogen-bond donors (Lipinski definition) is 1. The fourth-order valence-electron chi connectivity index (χ4n) is 1.56. The van der Waals surface area contributed by atoms with Gasteiger partial charge >= 0.3 is 5.97 Å². The highest BCUT2D eigenvalue weighted by Gasteiger charge is 2.17. The fourth-order valence-corrected chi connectivity index (χ4v) is 1.74. The van der Waals surface area contributed by atoms with E-state index in [1.165, 1.54) is 24.1 Å². The molecule has 0 saturated carbocycles. The first kappa shape index (κ1) is 12.9. The van der Waals surface area contributed by atoms with Crippen LogP contribution in [0.25, 0.3) is 5.69 Å². The first-order chi connectivity index (χ1) is 9.06. The molecule has 0 aliphatic rings. The number of methoxy groups -OCH3 is 1. The Labute approximate surface area is 114 Å². The number of nitrogens with two attached hydrogens (primary N) is 1. The van der Waals surface area contributed by atoms with Crippen LogP contribution >= 0.6 is 11.6 Å². The summed E-state index contributed by atoms with van der Waals surface area (Å²) in [5.74, 6) is -0.635. The highest BCUT2D eigenvalue weighted by atomic mass is 35.5. The predicted molar refractivity (Wildman–Crippen MR) is 69.0 cm³/mol. The van der Waals surface area contributed by atoms with Crippen LogP contribution in [0.15, 0.2) is 24.4 Å². The summed E-state index contributed by atoms with van der Waals surface area (Å²) in [6.45, 7) is 0. The zero-order valence-electron chi connectivity index (χ0n) is 9.92. The van der Waals surface area contributed by atoms with Crippen LogP contribution in [0.3, 0.4) is 0 Å². The van der Waals surface area contributed by atoms with Gasteiger partial charge in [-0.2, -0.15) is 10.4 Å². The van der Waals surface area contributed by atoms with Crippen LogP contribution in [0.2, 0.25) is 5.02 Å². The molecule has 0 radical (unpaired) electrons. The molecule has 2 aromatic rings. The molecule has 7 heteroatoms. The van der Waals surface area contributed by atoms with E-state index < -0.39 is 5.97 Å². The number of nitrogen functional groups attached to an aromatic ring is 1. The number of rotatable bonds is 2. The van der Waals surface area contributed by atoms with Crippen molar-refractivity contribution in [2.24, 2.45) is 0 Å². The Balaban J connectivity index is 2.55. The third-order valence-corrected chi connectivity index (χ3v) is 2.68. The van der Waals surface area contributed by atoms with E-state index in [2.05, 4.69) is 9.84 Å². The highest BCUT2D eigenvalue weighted by Crippen LogP contribution is 2.21. The summed E-state index contributed by atoms with van der Waals surface area (Å²) in [7, 11) is 1.24. The average molecular weight is 277 g/mol. The molecule has 1 aromatic heterocycles. The van der Waals surface area contributed by atoms with E-state index >= 15 is 0 Å². The van der Waals surface area contributed by atoms with E-state index in [1.54, 1.807) is 12.1 Å². The van der Waals surface area contributed by atoms with E-state index in [9.17, 15) is 4.79 Å². The van der Waals surface area contributed by atoms with Crippen molar-refractivity contribution in [3.05, 3.63) is 40.7 Å². The number of anilines is 1. The van der Waals surface area contributed by atoms with Crippen LogP contribution < -0.4 is 5.73 Å². The second-order valence-electron chi connectivity index (χ2n) is 3.64. The Morgan fingerprint density at radius 1 is 1.58 bits per heavy atom. The molecule has 2 rings (SSSR count). The van der Waals surface area contributed by atoms with Crippen molar-refractivity contribution in [2.75, 3.05) is 12.8 Å². The smallest absolute Gasteiger partial charge is 0.360 e. The van der Waals surface area contributed by atoms with Crippen LogP contribution in [-0.4, -0.2) is 22.9 Å². The summed E-state index contributed by atoms with van der Waals surface area (Å²) in [5.41, 5.74) is 6.66. The molecule has 0 unspecified atom stereocenters. The van der Waals surface area contributed by atoms with E-state index in [0.29, 0.717) is 16.3 Å². The molecule has 6 nitrogen and oxygen atoms in total. The SMILES string of the molecule is COC(=O)c1nn(-c2ccc(Cl)cc2C#N)cc1N. The quantitative estimate of drug-likeness (QED) is 0.844. The first-order valence-corrected chi connectivity index (χ1v) is 5.58. The third-order valence-electron chi connectivity index (χ3n) is 2.45. The van der Waals surface area contributed by atoms with Crippen LogP contribution in [0.5, 0.6) is 0 Å². The fraction of sp³-hybridized carbons (Fsp3) is 0.0833. The van der Waals surface area contributed by atoms with Gasteiger partial charge in [0.1, 0.15) is 6.07 Å². The molecular weight excluding hydrogens is 268 g/mol. The maximum absolute atomic E-state index is 11.4. The second kappa shape index (κ2) is 5.00. The number of carbonyl (C=O) groups is 1. The van der Waals surface area contributed by atoms with Gasteiger partial charge in [-0.3, -0.25) is 0 Å². The van der Waals surface area contributed by atoms with Crippen LogP contribution in [0, 0.1) is 11.3 Å². The lowest BCUT2D eigenvalue weighted by atomic mass is 10.2. The van der Waals surface area contributed by atoms with Crippen molar-refractivity contribution in [3.63, 3.8) is 0 Å². The minimum absolute atomic E-state index is 0.00124. The van der Waals surface area contributed by atoms with Crippen molar-refractivity contribution in [1.29, 1.82) is 5.26 Å². The average Bonchev–Trinajstić information content (AvgIpc) is 2.79. The topological polar surface area (TPSA) is 93.9 Å². The molecule has 0 atom stereocenters. The van der Waals surface area contributed by atoms with Gasteiger partial charge in [-0.15, -0.1) is 0 Å². The van der Waals surface area contributed by atoms with E-state index in [4.69, 9.17) is 22.6 Å². The lowest BCUT2D eigenvalue weighted by Crippen LogP contribution is -2.06. The number of aromatic nitrogens is 2. The van der Waals surface area contributed by atoms with Gasteiger partial charge < -0.3 is 10.5 Å². The zero-order chi connectivity index (χ0) is 14.0. The molecule has 0 amide bonds. The third kappa shape index (κ3) is 2.37. The maximum atomic E-state index is 11.4. The molecule has 0 saturated heterocycles. The minimum atomic E-state index is -0.635. The molecule has 2 N–H and O–H groups in total. The first-order valence-electron chi connectivity index (χ1n) is 5.20. The van der Waals surface area contributed by atoms with Crippen molar-refractivity contribution < 1.29 is 9.53 Å². The molecule has 1 heterocycles. The molecular formula is C12H9ClN4O2. The molecule has 0 spiro atoms. The number of halogens is 1. The Bertz CT molecular complexity index is 688. The van der Waals surface area contributed by atoms with Crippen molar-refractivity contribution in [1.82, 2.24) is 9.78 Å². The Morgan fingerprint density at radius 2 is 2.32 bits per heavy atom. The van der Waals surface area contributed by atoms with Crippen molar-refractivity contribution >= 4 is 23.3 Å². The number of esters is 1. The Morgan fingerprint density at radius 3 is 2.95 bits per heavy atom. The molecule has 0 aliphatic carbocycles. The molecule has 0 bridgehead atoms. The minimum Gasteiger partial charge on any atom is -0.464 e. The summed E-state index contributed by atoms with van der Waals surface area (Å²) < 4.78 is 5.90. The van der Waals surface area contributed by atoms with E-state index in [0.717, 1.165) is 0 Å². The van der Waals surface area contributed by atoms with Crippen molar-refractivity contribution in [2.45, 2.75) is 0 Å². The number of nitrogens with zero attached hydrogens (tertiary/aromatic N) is 3. The predicted octanol–water partition coefficient (Wildman–Crippen LogP) is 1.77. The number of nitriles is 1. The van der Waals surface area contributed by atoms with Gasteiger partial charge in [0.2, 0.25) is 0 Å². The van der Waals surface area contributed by atoms with Crippen LogP contribution in [0.1, 0.15) is 16.1 Å². The maximum Gasteiger partial charge on any atom is 0.360 e. The summed E-state index contributed by atoms with van der Waals surface area (Å²) in [5, 5.41) is 13.5. The summed E-state index contributed by atoms with van der Waals surface area (Å²) in [6, 6.07) is 6.75. The van der Waals surface area contributed by atoms with Crippen LogP contribution in [-0.2, 0) is 4.74 Å². The monoisotopic (exact) mass is 276 g/mol. The van der Waals surface area contributed by atoms with E-state index in [1.807, 2.05) is 6.07 Å². The molecule has 96 valence electrons. The standard InChI is InChI=1S/C12H9ClN4O2/c1-19-12(18)11-9(15)6-17(16-11)10-3-2-8(13)4-7(10)5-14/h2-4,6H,15H2,1H3. The lowest BCUT2D eigenvalue weighted by Gasteiger charge is -2.03. The van der Waals surface area contributed by atoms with Gasteiger partial charge in [-0.05, 0) is 18.2 Å². The van der Waals surface area contributed by atoms with Crippen molar-refractivity contribution in [3.8, 4) is 11.8 Å². The van der Waals surface area contributed by atoms with Gasteiger partial charge in [-0.1, -0.05) is 11.6 Å². The molecule has 0 aliphatic heterocycles. The van der Waals surface area contributed by atoms with Gasteiger partial charge in [0.05, 0.1) is 30.2 Å². The summed E-state index contributed by atoms with van der Waals surface area (Å²) >= 11 is 5.81. The number of benzene rings is 1. The van der Waals surface area contributed by atoms with E-state index in [-0.39, 0.29) is 11.4 Å². The number of hydrogen-bond acceptors (Lipinski definition) is 5. The largest absolute Gasteiger partial charge is 0.464 e. The molecule has 19 heavy (non-hydrogen) atoms. The van der Waals surface area contributed by atoms with Gasteiger partial charge in [-0.25, -0.2) is 9.48 Å². The zero-order valence-corrected chi connectivity index (χ0v) is 10.7. The highest BCUT2D eigenvalue weighted by molar-refractivity contribution is 6.30. The molecule has 1 aromatic carbocycles. The van der Waals surface area contributed by atoms with Gasteiger partial charge in [0, 0.05) is 5.02 Å². The number of ether oxygens (including phenoxy) is 1. The normalized spacial score (nSPS) is 9.95. The summed E-state index contributed by atoms with van der Waals surface area (Å²) in [6.07, 6.45) is 1.44. The summed E-state index contributed by atoms with van der Waals surface area (Å²) in [4.78, 5) is 11.4. The second-order valence-corrected chi connectivity index (χ2v) is 4.08. The Kier molecular flexibility index (Phi) is 3.40.